The van der Waals surface area contributed by atoms with E-state index < -0.39 is 17.8 Å². The van der Waals surface area contributed by atoms with E-state index in [9.17, 15) is 14.7 Å². The zero-order chi connectivity index (χ0) is 27.5. The molecule has 7 nitrogen and oxygen atoms in total. The predicted molar refractivity (Wildman–Crippen MR) is 147 cm³/mol. The fourth-order valence-electron chi connectivity index (χ4n) is 5.57. The van der Waals surface area contributed by atoms with Crippen LogP contribution in [0, 0.1) is 5.92 Å². The Balaban J connectivity index is 1.50. The molecule has 0 saturated heterocycles. The van der Waals surface area contributed by atoms with Crippen molar-refractivity contribution >= 4 is 17.5 Å². The highest BCUT2D eigenvalue weighted by molar-refractivity contribution is 6.09. The van der Waals surface area contributed by atoms with E-state index in [1.165, 1.54) is 0 Å². The standard InChI is InChI=1S/C32H31NO6/c1-19-29(32(36)39-18-20-7-5-4-6-8-20)30(21-9-12-24(34)13-10-21)31-25(33-19)15-23(16-26(31)35)22-11-14-27(37-2)28(17-22)38-3/h4-14,17,23,29-30,34H,15-16,18H2,1-3H3/t23-,29?,30+/m1/s1. The highest BCUT2D eigenvalue weighted by Crippen LogP contribution is 2.47. The van der Waals surface area contributed by atoms with Gasteiger partial charge in [0.15, 0.2) is 17.3 Å². The molecular formula is C32H31NO6. The zero-order valence-electron chi connectivity index (χ0n) is 22.2. The molecule has 2 aliphatic rings. The molecule has 1 aliphatic carbocycles. The molecule has 0 aromatic heterocycles. The van der Waals surface area contributed by atoms with Crippen molar-refractivity contribution in [3.8, 4) is 17.2 Å². The van der Waals surface area contributed by atoms with E-state index in [0.29, 0.717) is 34.9 Å². The van der Waals surface area contributed by atoms with Gasteiger partial charge in [-0.1, -0.05) is 48.5 Å². The number of hydrogen-bond acceptors (Lipinski definition) is 7. The van der Waals surface area contributed by atoms with Crippen molar-refractivity contribution < 1.29 is 28.9 Å². The van der Waals surface area contributed by atoms with Crippen LogP contribution in [0.1, 0.15) is 48.3 Å². The molecule has 0 bridgehead atoms. The van der Waals surface area contributed by atoms with Crippen LogP contribution < -0.4 is 9.47 Å². The molecule has 0 amide bonds. The molecule has 3 atom stereocenters. The van der Waals surface area contributed by atoms with Gasteiger partial charge in [-0.2, -0.15) is 0 Å². The molecular weight excluding hydrogens is 494 g/mol. The van der Waals surface area contributed by atoms with E-state index in [1.807, 2.05) is 55.5 Å². The molecule has 0 radical (unpaired) electrons. The van der Waals surface area contributed by atoms with Crippen LogP contribution in [0.15, 0.2) is 89.1 Å². The van der Waals surface area contributed by atoms with E-state index in [-0.39, 0.29) is 30.5 Å². The Morgan fingerprint density at radius 3 is 2.31 bits per heavy atom. The maximum absolute atomic E-state index is 13.8. The Morgan fingerprint density at radius 2 is 1.62 bits per heavy atom. The monoisotopic (exact) mass is 525 g/mol. The molecule has 1 N–H and O–H groups in total. The summed E-state index contributed by atoms with van der Waals surface area (Å²) in [5.41, 5.74) is 4.44. The number of hydrogen-bond donors (Lipinski definition) is 1. The first-order chi connectivity index (χ1) is 18.9. The lowest BCUT2D eigenvalue weighted by Crippen LogP contribution is -2.38. The lowest BCUT2D eigenvalue weighted by Gasteiger charge is -2.36. The second-order valence-corrected chi connectivity index (χ2v) is 9.90. The van der Waals surface area contributed by atoms with Gasteiger partial charge in [0.1, 0.15) is 18.3 Å². The highest BCUT2D eigenvalue weighted by atomic mass is 16.5. The molecule has 0 spiro atoms. The summed E-state index contributed by atoms with van der Waals surface area (Å²) in [5.74, 6) is -0.534. The van der Waals surface area contributed by atoms with Crippen LogP contribution in [0.3, 0.4) is 0 Å². The summed E-state index contributed by atoms with van der Waals surface area (Å²) in [6.07, 6.45) is 0.831. The van der Waals surface area contributed by atoms with E-state index in [4.69, 9.17) is 19.2 Å². The van der Waals surface area contributed by atoms with Gasteiger partial charge in [-0.25, -0.2) is 0 Å². The molecule has 1 heterocycles. The quantitative estimate of drug-likeness (QED) is 0.396. The Bertz CT molecular complexity index is 1440. The number of ketones is 1. The Morgan fingerprint density at radius 1 is 0.923 bits per heavy atom. The molecule has 0 saturated carbocycles. The van der Waals surface area contributed by atoms with Crippen molar-refractivity contribution in [1.82, 2.24) is 0 Å². The summed E-state index contributed by atoms with van der Waals surface area (Å²) >= 11 is 0. The summed E-state index contributed by atoms with van der Waals surface area (Å²) in [4.78, 5) is 32.2. The van der Waals surface area contributed by atoms with Crippen molar-refractivity contribution in [1.29, 1.82) is 0 Å². The number of Topliss-reactive ketones (excluding diaryl/α,β-unsaturated/α-hetero) is 1. The molecule has 3 aromatic rings. The molecule has 200 valence electrons. The molecule has 3 aromatic carbocycles. The van der Waals surface area contributed by atoms with Crippen LogP contribution in [-0.2, 0) is 20.9 Å². The van der Waals surface area contributed by atoms with Gasteiger partial charge in [0.05, 0.1) is 14.2 Å². The van der Waals surface area contributed by atoms with Gasteiger partial charge in [-0.3, -0.25) is 14.6 Å². The topological polar surface area (TPSA) is 94.4 Å². The van der Waals surface area contributed by atoms with Crippen LogP contribution >= 0.6 is 0 Å². The third-order valence-corrected chi connectivity index (χ3v) is 7.50. The van der Waals surface area contributed by atoms with Crippen molar-refractivity contribution in [2.45, 2.75) is 38.2 Å². The Hall–Kier alpha value is -4.39. The van der Waals surface area contributed by atoms with Gasteiger partial charge in [0.25, 0.3) is 0 Å². The van der Waals surface area contributed by atoms with Gasteiger partial charge in [-0.15, -0.1) is 0 Å². The lowest BCUT2D eigenvalue weighted by molar-refractivity contribution is -0.148. The van der Waals surface area contributed by atoms with Gasteiger partial charge in [0.2, 0.25) is 0 Å². The summed E-state index contributed by atoms with van der Waals surface area (Å²) in [6.45, 7) is 1.95. The van der Waals surface area contributed by atoms with Gasteiger partial charge < -0.3 is 19.3 Å². The number of carbonyl (C=O) groups excluding carboxylic acids is 2. The van der Waals surface area contributed by atoms with Crippen LogP contribution in [0.2, 0.25) is 0 Å². The zero-order valence-corrected chi connectivity index (χ0v) is 22.2. The van der Waals surface area contributed by atoms with Crippen LogP contribution in [0.25, 0.3) is 0 Å². The minimum Gasteiger partial charge on any atom is -0.508 e. The normalized spacial score (nSPS) is 20.6. The van der Waals surface area contributed by atoms with E-state index >= 15 is 0 Å². The number of aromatic hydroxyl groups is 1. The average Bonchev–Trinajstić information content (AvgIpc) is 2.95. The average molecular weight is 526 g/mol. The maximum atomic E-state index is 13.8. The van der Waals surface area contributed by atoms with Crippen LogP contribution in [0.4, 0.5) is 0 Å². The molecule has 5 rings (SSSR count). The maximum Gasteiger partial charge on any atom is 0.315 e. The second kappa shape index (κ2) is 11.2. The molecule has 39 heavy (non-hydrogen) atoms. The van der Waals surface area contributed by atoms with Crippen molar-refractivity contribution in [3.63, 3.8) is 0 Å². The largest absolute Gasteiger partial charge is 0.508 e. The number of phenols is 1. The van der Waals surface area contributed by atoms with Gasteiger partial charge in [-0.05, 0) is 60.2 Å². The summed E-state index contributed by atoms with van der Waals surface area (Å²) in [6, 6.07) is 21.8. The van der Waals surface area contributed by atoms with Crippen molar-refractivity contribution in [3.05, 3.63) is 101 Å². The van der Waals surface area contributed by atoms with E-state index in [2.05, 4.69) is 0 Å². The SMILES string of the molecule is COc1ccc([C@H]2CC(=O)C3=C(C2)N=C(C)C(C(=O)OCc2ccccc2)[C@@H]3c2ccc(O)cc2)cc1OC. The molecule has 7 heteroatoms. The number of carbonyl (C=O) groups is 2. The fourth-order valence-corrected chi connectivity index (χ4v) is 5.57. The highest BCUT2D eigenvalue weighted by Gasteiger charge is 2.44. The summed E-state index contributed by atoms with van der Waals surface area (Å²) in [7, 11) is 3.17. The number of benzene rings is 3. The number of nitrogens with zero attached hydrogens (tertiary/aromatic N) is 1. The smallest absolute Gasteiger partial charge is 0.315 e. The first kappa shape index (κ1) is 26.2. The van der Waals surface area contributed by atoms with Crippen LogP contribution in [0.5, 0.6) is 17.2 Å². The van der Waals surface area contributed by atoms with Crippen LogP contribution in [-0.4, -0.2) is 36.8 Å². The number of methoxy groups -OCH3 is 2. The summed E-state index contributed by atoms with van der Waals surface area (Å²) in [5, 5.41) is 9.90. The minimum atomic E-state index is -0.751. The third kappa shape index (κ3) is 5.30. The first-order valence-electron chi connectivity index (χ1n) is 12.9. The third-order valence-electron chi connectivity index (χ3n) is 7.50. The van der Waals surface area contributed by atoms with Gasteiger partial charge in [0, 0.05) is 29.3 Å². The van der Waals surface area contributed by atoms with E-state index in [1.54, 1.807) is 38.5 Å². The molecule has 0 fully saturated rings. The number of ether oxygens (including phenoxy) is 3. The van der Waals surface area contributed by atoms with E-state index in [0.717, 1.165) is 16.7 Å². The van der Waals surface area contributed by atoms with Crippen molar-refractivity contribution in [2.24, 2.45) is 10.9 Å². The van der Waals surface area contributed by atoms with Crippen molar-refractivity contribution in [2.75, 3.05) is 14.2 Å². The second-order valence-electron chi connectivity index (χ2n) is 9.90. The summed E-state index contributed by atoms with van der Waals surface area (Å²) < 4.78 is 16.6. The predicted octanol–water partition coefficient (Wildman–Crippen LogP) is 5.73. The Labute approximate surface area is 227 Å². The number of allylic oxidation sites excluding steroid dienone is 2. The molecule has 1 unspecified atom stereocenters. The lowest BCUT2D eigenvalue weighted by atomic mass is 9.69. The Kier molecular flexibility index (Phi) is 7.50. The minimum absolute atomic E-state index is 0.0498. The van der Waals surface area contributed by atoms with Gasteiger partial charge >= 0.3 is 5.97 Å². The fraction of sp³-hybridized carbons (Fsp3) is 0.281. The number of rotatable bonds is 7. The number of esters is 1. The number of aliphatic imine (C=N–C) groups is 1. The number of phenolic OH excluding ortho intramolecular Hbond substituents is 1. The first-order valence-corrected chi connectivity index (χ1v) is 12.9. The molecule has 1 aliphatic heterocycles.